The first kappa shape index (κ1) is 12.3. The maximum absolute atomic E-state index is 6.05. The normalized spacial score (nSPS) is 35.2. The lowest BCUT2D eigenvalue weighted by Gasteiger charge is -2.38. The van der Waals surface area contributed by atoms with Crippen LogP contribution in [0.3, 0.4) is 0 Å². The van der Waals surface area contributed by atoms with Gasteiger partial charge in [-0.1, -0.05) is 0 Å². The molecule has 0 aromatic carbocycles. The molecule has 16 heavy (non-hydrogen) atoms. The molecule has 3 atom stereocenters. The molecule has 0 aromatic heterocycles. The molecule has 1 saturated heterocycles. The van der Waals surface area contributed by atoms with Crippen molar-refractivity contribution in [2.75, 3.05) is 13.1 Å². The van der Waals surface area contributed by atoms with Crippen LogP contribution in [0.15, 0.2) is 0 Å². The molecular weight excluding hydrogens is 202 g/mol. The molecule has 2 fully saturated rings. The monoisotopic (exact) mass is 227 g/mol. The molecule has 0 spiro atoms. The average molecular weight is 227 g/mol. The Morgan fingerprint density at radius 1 is 0.938 bits per heavy atom. The van der Waals surface area contributed by atoms with Gasteiger partial charge in [0.25, 0.3) is 0 Å². The number of fused-ring (bicyclic) bond motifs is 2. The minimum Gasteiger partial charge on any atom is -0.375 e. The molecule has 94 valence electrons. The lowest BCUT2D eigenvalue weighted by atomic mass is 9.96. The van der Waals surface area contributed by atoms with E-state index in [0.717, 1.165) is 13.1 Å². The summed E-state index contributed by atoms with van der Waals surface area (Å²) in [6.45, 7) is 10.6. The van der Waals surface area contributed by atoms with E-state index in [-0.39, 0.29) is 0 Å². The summed E-state index contributed by atoms with van der Waals surface area (Å²) in [6.07, 6.45) is 3.74. The van der Waals surface area contributed by atoms with E-state index in [0.29, 0.717) is 30.1 Å². The summed E-state index contributed by atoms with van der Waals surface area (Å²) in [5.41, 5.74) is 0. The molecule has 0 aromatic rings. The predicted molar refractivity (Wildman–Crippen MR) is 64.0 cm³/mol. The van der Waals surface area contributed by atoms with Crippen molar-refractivity contribution >= 4 is 0 Å². The highest BCUT2D eigenvalue weighted by molar-refractivity contribution is 4.92. The summed E-state index contributed by atoms with van der Waals surface area (Å²) in [4.78, 5) is 5.80. The van der Waals surface area contributed by atoms with Crippen molar-refractivity contribution in [1.82, 2.24) is 5.06 Å². The van der Waals surface area contributed by atoms with E-state index in [4.69, 9.17) is 9.57 Å². The number of rotatable bonds is 4. The Balaban J connectivity index is 1.90. The van der Waals surface area contributed by atoms with Crippen LogP contribution in [-0.4, -0.2) is 36.5 Å². The first-order valence-corrected chi connectivity index (χ1v) is 6.63. The van der Waals surface area contributed by atoms with Crippen LogP contribution in [0, 0.1) is 11.8 Å². The van der Waals surface area contributed by atoms with Crippen LogP contribution in [0.5, 0.6) is 0 Å². The van der Waals surface area contributed by atoms with Gasteiger partial charge in [0, 0.05) is 24.9 Å². The van der Waals surface area contributed by atoms with Gasteiger partial charge >= 0.3 is 0 Å². The Morgan fingerprint density at radius 3 is 1.94 bits per heavy atom. The SMILES string of the molecule is CC(C)O[C@@H]1[C@@H]2CC[C@H]1CN(OC(C)C)C2. The summed E-state index contributed by atoms with van der Waals surface area (Å²) in [6, 6.07) is 0. The Labute approximate surface area is 99.0 Å². The summed E-state index contributed by atoms with van der Waals surface area (Å²) < 4.78 is 6.05. The second-order valence-corrected chi connectivity index (χ2v) is 5.75. The smallest absolute Gasteiger partial charge is 0.0737 e. The molecule has 2 aliphatic rings. The second kappa shape index (κ2) is 5.03. The molecule has 0 radical (unpaired) electrons. The summed E-state index contributed by atoms with van der Waals surface area (Å²) in [5, 5.41) is 2.16. The van der Waals surface area contributed by atoms with Gasteiger partial charge in [0.2, 0.25) is 0 Å². The lowest BCUT2D eigenvalue weighted by molar-refractivity contribution is -0.227. The summed E-state index contributed by atoms with van der Waals surface area (Å²) in [5.74, 6) is 1.36. The van der Waals surface area contributed by atoms with Gasteiger partial charge < -0.3 is 4.74 Å². The second-order valence-electron chi connectivity index (χ2n) is 5.75. The van der Waals surface area contributed by atoms with Gasteiger partial charge in [0.05, 0.1) is 18.3 Å². The average Bonchev–Trinajstić information content (AvgIpc) is 2.43. The zero-order chi connectivity index (χ0) is 11.7. The molecule has 2 rings (SSSR count). The number of nitrogens with zero attached hydrogens (tertiary/aromatic N) is 1. The fourth-order valence-electron chi connectivity index (χ4n) is 3.05. The van der Waals surface area contributed by atoms with Crippen LogP contribution >= 0.6 is 0 Å². The third-order valence-corrected chi connectivity index (χ3v) is 3.50. The standard InChI is InChI=1S/C13H25NO2/c1-9(2)15-13-11-5-6-12(13)8-14(7-11)16-10(3)4/h9-13H,5-8H2,1-4H3/t11-,12+,13-. The van der Waals surface area contributed by atoms with Gasteiger partial charge in [-0.15, -0.1) is 0 Å². The highest BCUT2D eigenvalue weighted by Crippen LogP contribution is 2.39. The van der Waals surface area contributed by atoms with E-state index < -0.39 is 0 Å². The van der Waals surface area contributed by atoms with Crippen molar-refractivity contribution in [1.29, 1.82) is 0 Å². The minimum absolute atomic E-state index is 0.293. The lowest BCUT2D eigenvalue weighted by Crippen LogP contribution is -2.47. The molecule has 0 amide bonds. The van der Waals surface area contributed by atoms with Crippen LogP contribution < -0.4 is 0 Å². The van der Waals surface area contributed by atoms with Crippen molar-refractivity contribution in [3.63, 3.8) is 0 Å². The van der Waals surface area contributed by atoms with Gasteiger partial charge in [-0.3, -0.25) is 4.84 Å². The van der Waals surface area contributed by atoms with Crippen molar-refractivity contribution in [2.24, 2.45) is 11.8 Å². The molecule has 1 aliphatic carbocycles. The Hall–Kier alpha value is -0.120. The number of piperidine rings is 1. The molecular formula is C13H25NO2. The first-order valence-electron chi connectivity index (χ1n) is 6.63. The Morgan fingerprint density at radius 2 is 1.50 bits per heavy atom. The van der Waals surface area contributed by atoms with Crippen LogP contribution in [0.25, 0.3) is 0 Å². The van der Waals surface area contributed by atoms with Crippen LogP contribution in [0.4, 0.5) is 0 Å². The molecule has 3 nitrogen and oxygen atoms in total. The first-order chi connectivity index (χ1) is 7.56. The Bertz CT molecular complexity index is 216. The van der Waals surface area contributed by atoms with Crippen molar-refractivity contribution in [3.8, 4) is 0 Å². The van der Waals surface area contributed by atoms with E-state index in [2.05, 4.69) is 32.8 Å². The third kappa shape index (κ3) is 2.76. The third-order valence-electron chi connectivity index (χ3n) is 3.50. The van der Waals surface area contributed by atoms with Gasteiger partial charge in [0.15, 0.2) is 0 Å². The van der Waals surface area contributed by atoms with Gasteiger partial charge in [0.1, 0.15) is 0 Å². The highest BCUT2D eigenvalue weighted by Gasteiger charge is 2.43. The van der Waals surface area contributed by atoms with E-state index in [1.165, 1.54) is 12.8 Å². The summed E-state index contributed by atoms with van der Waals surface area (Å²) in [7, 11) is 0. The zero-order valence-electron chi connectivity index (χ0n) is 11.0. The van der Waals surface area contributed by atoms with Crippen LogP contribution in [-0.2, 0) is 9.57 Å². The number of hydroxylamine groups is 2. The van der Waals surface area contributed by atoms with Gasteiger partial charge in [-0.25, -0.2) is 0 Å². The van der Waals surface area contributed by atoms with E-state index in [9.17, 15) is 0 Å². The van der Waals surface area contributed by atoms with Crippen molar-refractivity contribution in [3.05, 3.63) is 0 Å². The highest BCUT2D eigenvalue weighted by atomic mass is 16.7. The van der Waals surface area contributed by atoms with Crippen LogP contribution in [0.1, 0.15) is 40.5 Å². The number of ether oxygens (including phenoxy) is 1. The van der Waals surface area contributed by atoms with E-state index >= 15 is 0 Å². The molecule has 1 heterocycles. The number of hydrogen-bond donors (Lipinski definition) is 0. The molecule has 1 saturated carbocycles. The van der Waals surface area contributed by atoms with Crippen LogP contribution in [0.2, 0.25) is 0 Å². The quantitative estimate of drug-likeness (QED) is 0.736. The summed E-state index contributed by atoms with van der Waals surface area (Å²) >= 11 is 0. The van der Waals surface area contributed by atoms with Crippen molar-refractivity contribution in [2.45, 2.75) is 58.8 Å². The van der Waals surface area contributed by atoms with Gasteiger partial charge in [-0.2, -0.15) is 5.06 Å². The minimum atomic E-state index is 0.293. The topological polar surface area (TPSA) is 21.7 Å². The molecule has 2 bridgehead atoms. The number of hydrogen-bond acceptors (Lipinski definition) is 3. The molecule has 3 heteroatoms. The Kier molecular flexibility index (Phi) is 3.88. The fourth-order valence-corrected chi connectivity index (χ4v) is 3.05. The maximum atomic E-state index is 6.05. The molecule has 0 N–H and O–H groups in total. The van der Waals surface area contributed by atoms with E-state index in [1.54, 1.807) is 0 Å². The largest absolute Gasteiger partial charge is 0.375 e. The zero-order valence-corrected chi connectivity index (χ0v) is 11.0. The maximum Gasteiger partial charge on any atom is 0.0737 e. The fraction of sp³-hybridized carbons (Fsp3) is 1.00. The molecule has 0 unspecified atom stereocenters. The van der Waals surface area contributed by atoms with E-state index in [1.807, 2.05) is 0 Å². The van der Waals surface area contributed by atoms with Crippen molar-refractivity contribution < 1.29 is 9.57 Å². The predicted octanol–water partition coefficient (Wildman–Crippen LogP) is 2.46. The van der Waals surface area contributed by atoms with Gasteiger partial charge in [-0.05, 0) is 40.5 Å². The molecule has 1 aliphatic heterocycles.